The topological polar surface area (TPSA) is 40.5 Å². The van der Waals surface area contributed by atoms with Crippen LogP contribution < -0.4 is 0 Å². The van der Waals surface area contributed by atoms with Crippen LogP contribution in [0.4, 0.5) is 0 Å². The largest absolute Gasteiger partial charge is 0.508 e. The van der Waals surface area contributed by atoms with Gasteiger partial charge in [0.25, 0.3) is 0 Å². The van der Waals surface area contributed by atoms with Crippen LogP contribution in [0.1, 0.15) is 26.3 Å². The Hall–Kier alpha value is -1.54. The molecule has 0 heterocycles. The van der Waals surface area contributed by atoms with Gasteiger partial charge in [0.2, 0.25) is 0 Å². The average Bonchev–Trinajstić information content (AvgIpc) is 2.35. The molecule has 2 rings (SSSR count). The lowest BCUT2D eigenvalue weighted by molar-refractivity contribution is 0.0296. The van der Waals surface area contributed by atoms with E-state index < -0.39 is 5.60 Å². The molecule has 2 unspecified atom stereocenters. The molecule has 0 saturated carbocycles. The van der Waals surface area contributed by atoms with Gasteiger partial charge in [-0.05, 0) is 36.6 Å². The third kappa shape index (κ3) is 1.69. The highest BCUT2D eigenvalue weighted by molar-refractivity contribution is 5.43. The lowest BCUT2D eigenvalue weighted by Crippen LogP contribution is -2.38. The van der Waals surface area contributed by atoms with Crippen molar-refractivity contribution >= 4 is 0 Å². The number of benzene rings is 1. The third-order valence-electron chi connectivity index (χ3n) is 3.85. The molecule has 0 aromatic heterocycles. The Kier molecular flexibility index (Phi) is 2.84. The van der Waals surface area contributed by atoms with E-state index in [9.17, 15) is 10.2 Å². The standard InChI is InChI=1S/C15H18O2/c1-10-9-14(16)11(2)12(3)15(10,17)13-7-5-4-6-8-13/h4-9,12,16-17H,1-3H3. The summed E-state index contributed by atoms with van der Waals surface area (Å²) in [6.07, 6.45) is 1.66. The van der Waals surface area contributed by atoms with Gasteiger partial charge in [-0.1, -0.05) is 37.3 Å². The number of aliphatic hydroxyl groups excluding tert-OH is 1. The van der Waals surface area contributed by atoms with Crippen LogP contribution in [0.3, 0.4) is 0 Å². The highest BCUT2D eigenvalue weighted by atomic mass is 16.3. The summed E-state index contributed by atoms with van der Waals surface area (Å²) in [6, 6.07) is 9.61. The zero-order valence-corrected chi connectivity index (χ0v) is 10.4. The summed E-state index contributed by atoms with van der Waals surface area (Å²) >= 11 is 0. The van der Waals surface area contributed by atoms with Crippen LogP contribution in [0.2, 0.25) is 0 Å². The number of hydrogen-bond donors (Lipinski definition) is 2. The van der Waals surface area contributed by atoms with E-state index in [1.54, 1.807) is 6.08 Å². The summed E-state index contributed by atoms with van der Waals surface area (Å²) < 4.78 is 0. The van der Waals surface area contributed by atoms with Gasteiger partial charge < -0.3 is 10.2 Å². The number of aliphatic hydroxyl groups is 2. The van der Waals surface area contributed by atoms with Gasteiger partial charge in [-0.25, -0.2) is 0 Å². The first-order valence-electron chi connectivity index (χ1n) is 5.84. The summed E-state index contributed by atoms with van der Waals surface area (Å²) in [4.78, 5) is 0. The second-order valence-corrected chi connectivity index (χ2v) is 4.75. The molecule has 2 heteroatoms. The molecule has 1 aromatic rings. The van der Waals surface area contributed by atoms with Crippen molar-refractivity contribution in [3.8, 4) is 0 Å². The first kappa shape index (κ1) is 11.9. The normalized spacial score (nSPS) is 29.2. The first-order valence-corrected chi connectivity index (χ1v) is 5.84. The monoisotopic (exact) mass is 230 g/mol. The molecule has 2 N–H and O–H groups in total. The van der Waals surface area contributed by atoms with Crippen LogP contribution >= 0.6 is 0 Å². The minimum Gasteiger partial charge on any atom is -0.508 e. The lowest BCUT2D eigenvalue weighted by Gasteiger charge is -2.39. The van der Waals surface area contributed by atoms with E-state index in [4.69, 9.17) is 0 Å². The van der Waals surface area contributed by atoms with Crippen molar-refractivity contribution < 1.29 is 10.2 Å². The van der Waals surface area contributed by atoms with Crippen LogP contribution in [0.5, 0.6) is 0 Å². The molecule has 0 saturated heterocycles. The van der Waals surface area contributed by atoms with E-state index in [0.29, 0.717) is 0 Å². The first-order chi connectivity index (χ1) is 7.98. The van der Waals surface area contributed by atoms with E-state index in [-0.39, 0.29) is 11.7 Å². The maximum atomic E-state index is 11.0. The van der Waals surface area contributed by atoms with Gasteiger partial charge in [0.15, 0.2) is 0 Å². The van der Waals surface area contributed by atoms with E-state index in [2.05, 4.69) is 0 Å². The zero-order chi connectivity index (χ0) is 12.6. The molecule has 0 fully saturated rings. The molecular formula is C15H18O2. The lowest BCUT2D eigenvalue weighted by atomic mass is 9.71. The molecular weight excluding hydrogens is 212 g/mol. The van der Waals surface area contributed by atoms with Crippen LogP contribution in [0.15, 0.2) is 53.3 Å². The maximum absolute atomic E-state index is 11.0. The molecule has 0 spiro atoms. The number of rotatable bonds is 1. The summed E-state index contributed by atoms with van der Waals surface area (Å²) in [7, 11) is 0. The van der Waals surface area contributed by atoms with Gasteiger partial charge >= 0.3 is 0 Å². The fraction of sp³-hybridized carbons (Fsp3) is 0.333. The predicted octanol–water partition coefficient (Wildman–Crippen LogP) is 3.30. The van der Waals surface area contributed by atoms with Crippen molar-refractivity contribution in [1.82, 2.24) is 0 Å². The minimum atomic E-state index is -1.02. The van der Waals surface area contributed by atoms with Gasteiger partial charge in [-0.15, -0.1) is 0 Å². The molecule has 1 aliphatic carbocycles. The Labute approximate surface area is 102 Å². The van der Waals surface area contributed by atoms with Gasteiger partial charge in [0, 0.05) is 5.92 Å². The average molecular weight is 230 g/mol. The van der Waals surface area contributed by atoms with Gasteiger partial charge in [0.1, 0.15) is 11.4 Å². The van der Waals surface area contributed by atoms with Crippen molar-refractivity contribution in [2.75, 3.05) is 0 Å². The molecule has 90 valence electrons. The molecule has 0 radical (unpaired) electrons. The molecule has 2 atom stereocenters. The van der Waals surface area contributed by atoms with E-state index in [1.165, 1.54) is 0 Å². The Balaban J connectivity index is 2.57. The quantitative estimate of drug-likeness (QED) is 0.777. The number of allylic oxidation sites excluding steroid dienone is 1. The zero-order valence-electron chi connectivity index (χ0n) is 10.4. The Morgan fingerprint density at radius 3 is 2.29 bits per heavy atom. The van der Waals surface area contributed by atoms with E-state index in [0.717, 1.165) is 16.7 Å². The molecule has 0 bridgehead atoms. The van der Waals surface area contributed by atoms with Gasteiger partial charge in [0.05, 0.1) is 0 Å². The fourth-order valence-corrected chi connectivity index (χ4v) is 2.48. The Morgan fingerprint density at radius 2 is 1.71 bits per heavy atom. The van der Waals surface area contributed by atoms with Crippen molar-refractivity contribution in [2.24, 2.45) is 5.92 Å². The third-order valence-corrected chi connectivity index (χ3v) is 3.85. The summed E-state index contributed by atoms with van der Waals surface area (Å²) in [5.41, 5.74) is 1.45. The fourth-order valence-electron chi connectivity index (χ4n) is 2.48. The van der Waals surface area contributed by atoms with Crippen LogP contribution in [-0.4, -0.2) is 10.2 Å². The second-order valence-electron chi connectivity index (χ2n) is 4.75. The molecule has 0 aliphatic heterocycles. The summed E-state index contributed by atoms with van der Waals surface area (Å²) in [5.74, 6) is 0.144. The highest BCUT2D eigenvalue weighted by Gasteiger charge is 2.41. The molecule has 1 aromatic carbocycles. The summed E-state index contributed by atoms with van der Waals surface area (Å²) in [5, 5.41) is 20.7. The van der Waals surface area contributed by atoms with Crippen molar-refractivity contribution in [3.63, 3.8) is 0 Å². The molecule has 0 amide bonds. The second kappa shape index (κ2) is 4.04. The van der Waals surface area contributed by atoms with Gasteiger partial charge in [-0.3, -0.25) is 0 Å². The summed E-state index contributed by atoms with van der Waals surface area (Å²) in [6.45, 7) is 5.65. The number of hydrogen-bond acceptors (Lipinski definition) is 2. The smallest absolute Gasteiger partial charge is 0.117 e. The van der Waals surface area contributed by atoms with Crippen LogP contribution in [0, 0.1) is 5.92 Å². The SMILES string of the molecule is CC1=CC(O)=C(C)C(C)C1(O)c1ccccc1. The van der Waals surface area contributed by atoms with Crippen molar-refractivity contribution in [2.45, 2.75) is 26.4 Å². The van der Waals surface area contributed by atoms with Crippen LogP contribution in [0.25, 0.3) is 0 Å². The predicted molar refractivity (Wildman–Crippen MR) is 68.6 cm³/mol. The van der Waals surface area contributed by atoms with E-state index in [1.807, 2.05) is 51.1 Å². The minimum absolute atomic E-state index is 0.130. The van der Waals surface area contributed by atoms with Gasteiger partial charge in [-0.2, -0.15) is 0 Å². The molecule has 2 nitrogen and oxygen atoms in total. The highest BCUT2D eigenvalue weighted by Crippen LogP contribution is 2.43. The van der Waals surface area contributed by atoms with Crippen molar-refractivity contribution in [3.05, 3.63) is 58.9 Å². The molecule has 17 heavy (non-hydrogen) atoms. The van der Waals surface area contributed by atoms with Crippen LogP contribution in [-0.2, 0) is 5.60 Å². The van der Waals surface area contributed by atoms with E-state index >= 15 is 0 Å². The maximum Gasteiger partial charge on any atom is 0.117 e. The van der Waals surface area contributed by atoms with Crippen molar-refractivity contribution in [1.29, 1.82) is 0 Å². The Bertz CT molecular complexity index is 485. The molecule has 1 aliphatic rings. The Morgan fingerprint density at radius 1 is 1.12 bits per heavy atom.